The fourth-order valence-corrected chi connectivity index (χ4v) is 2.29. The topological polar surface area (TPSA) is 29.5 Å². The molecule has 3 heteroatoms. The van der Waals surface area contributed by atoms with Crippen LogP contribution in [0.4, 0.5) is 5.69 Å². The summed E-state index contributed by atoms with van der Waals surface area (Å²) in [5, 5.41) is 0. The van der Waals surface area contributed by atoms with E-state index in [9.17, 15) is 4.79 Å². The SMILES string of the molecule is C#Cc1cccc(N2COc3ccc(C=O)cc3C2)c1. The summed E-state index contributed by atoms with van der Waals surface area (Å²) in [6.07, 6.45) is 6.27. The van der Waals surface area contributed by atoms with Crippen molar-refractivity contribution in [2.75, 3.05) is 11.6 Å². The lowest BCUT2D eigenvalue weighted by Crippen LogP contribution is -2.31. The van der Waals surface area contributed by atoms with Crippen LogP contribution in [-0.2, 0) is 6.54 Å². The van der Waals surface area contributed by atoms with Gasteiger partial charge >= 0.3 is 0 Å². The van der Waals surface area contributed by atoms with Gasteiger partial charge in [0.25, 0.3) is 0 Å². The van der Waals surface area contributed by atoms with Crippen molar-refractivity contribution in [2.24, 2.45) is 0 Å². The van der Waals surface area contributed by atoms with Gasteiger partial charge in [0, 0.05) is 28.9 Å². The number of terminal acetylenes is 1. The fraction of sp³-hybridized carbons (Fsp3) is 0.118. The van der Waals surface area contributed by atoms with Gasteiger partial charge in [0.2, 0.25) is 0 Å². The molecular weight excluding hydrogens is 250 g/mol. The summed E-state index contributed by atoms with van der Waals surface area (Å²) in [7, 11) is 0. The highest BCUT2D eigenvalue weighted by atomic mass is 16.5. The van der Waals surface area contributed by atoms with Crippen LogP contribution in [0.2, 0.25) is 0 Å². The molecule has 3 nitrogen and oxygen atoms in total. The summed E-state index contributed by atoms with van der Waals surface area (Å²) >= 11 is 0. The molecule has 1 aliphatic heterocycles. The Labute approximate surface area is 117 Å². The first-order valence-electron chi connectivity index (χ1n) is 6.32. The quantitative estimate of drug-likeness (QED) is 0.616. The number of nitrogens with zero attached hydrogens (tertiary/aromatic N) is 1. The number of rotatable bonds is 2. The third kappa shape index (κ3) is 2.24. The van der Waals surface area contributed by atoms with E-state index in [1.807, 2.05) is 36.4 Å². The maximum absolute atomic E-state index is 10.9. The summed E-state index contributed by atoms with van der Waals surface area (Å²) < 4.78 is 5.72. The van der Waals surface area contributed by atoms with Gasteiger partial charge in [0.1, 0.15) is 12.0 Å². The Morgan fingerprint density at radius 3 is 2.95 bits per heavy atom. The number of hydrogen-bond acceptors (Lipinski definition) is 3. The van der Waals surface area contributed by atoms with Gasteiger partial charge in [-0.2, -0.15) is 0 Å². The number of ether oxygens (including phenoxy) is 1. The van der Waals surface area contributed by atoms with Gasteiger partial charge in [-0.25, -0.2) is 0 Å². The van der Waals surface area contributed by atoms with Gasteiger partial charge < -0.3 is 9.64 Å². The molecule has 0 amide bonds. The maximum Gasteiger partial charge on any atom is 0.161 e. The lowest BCUT2D eigenvalue weighted by molar-refractivity contribution is 0.112. The zero-order valence-electron chi connectivity index (χ0n) is 10.9. The second-order valence-corrected chi connectivity index (χ2v) is 4.65. The lowest BCUT2D eigenvalue weighted by atomic mass is 10.1. The Kier molecular flexibility index (Phi) is 3.14. The summed E-state index contributed by atoms with van der Waals surface area (Å²) in [5.74, 6) is 3.46. The van der Waals surface area contributed by atoms with Crippen molar-refractivity contribution in [1.29, 1.82) is 0 Å². The van der Waals surface area contributed by atoms with Crippen molar-refractivity contribution in [3.63, 3.8) is 0 Å². The van der Waals surface area contributed by atoms with Crippen LogP contribution >= 0.6 is 0 Å². The van der Waals surface area contributed by atoms with Crippen LogP contribution in [0.5, 0.6) is 5.75 Å². The molecule has 1 heterocycles. The molecule has 2 aromatic carbocycles. The highest BCUT2D eigenvalue weighted by Gasteiger charge is 2.18. The van der Waals surface area contributed by atoms with E-state index in [2.05, 4.69) is 10.8 Å². The number of anilines is 1. The smallest absolute Gasteiger partial charge is 0.161 e. The molecule has 0 saturated heterocycles. The van der Waals surface area contributed by atoms with Gasteiger partial charge in [0.15, 0.2) is 6.73 Å². The van der Waals surface area contributed by atoms with E-state index in [0.29, 0.717) is 18.8 Å². The van der Waals surface area contributed by atoms with Crippen LogP contribution in [0.3, 0.4) is 0 Å². The molecule has 1 aliphatic rings. The number of aldehydes is 1. The fourth-order valence-electron chi connectivity index (χ4n) is 2.29. The predicted octanol–water partition coefficient (Wildman–Crippen LogP) is 2.84. The lowest BCUT2D eigenvalue weighted by Gasteiger charge is -2.31. The van der Waals surface area contributed by atoms with E-state index < -0.39 is 0 Å². The van der Waals surface area contributed by atoms with Crippen LogP contribution in [-0.4, -0.2) is 13.0 Å². The molecule has 3 rings (SSSR count). The monoisotopic (exact) mass is 263 g/mol. The molecule has 0 atom stereocenters. The summed E-state index contributed by atoms with van der Waals surface area (Å²) in [6, 6.07) is 13.2. The van der Waals surface area contributed by atoms with E-state index >= 15 is 0 Å². The van der Waals surface area contributed by atoms with Crippen molar-refractivity contribution in [3.8, 4) is 18.1 Å². The second kappa shape index (κ2) is 5.10. The van der Waals surface area contributed by atoms with Crippen molar-refractivity contribution >= 4 is 12.0 Å². The molecule has 0 saturated carbocycles. The van der Waals surface area contributed by atoms with Gasteiger partial charge in [-0.05, 0) is 36.4 Å². The summed E-state index contributed by atoms with van der Waals surface area (Å²) in [5.41, 5.74) is 3.52. The minimum Gasteiger partial charge on any atom is -0.473 e. The second-order valence-electron chi connectivity index (χ2n) is 4.65. The Bertz CT molecular complexity index is 700. The van der Waals surface area contributed by atoms with Crippen LogP contribution in [0.1, 0.15) is 21.5 Å². The average molecular weight is 263 g/mol. The third-order valence-corrected chi connectivity index (χ3v) is 3.34. The maximum atomic E-state index is 10.9. The molecule has 0 unspecified atom stereocenters. The van der Waals surface area contributed by atoms with Gasteiger partial charge in [-0.3, -0.25) is 4.79 Å². The Hall–Kier alpha value is -2.73. The van der Waals surface area contributed by atoms with Crippen molar-refractivity contribution < 1.29 is 9.53 Å². The summed E-state index contributed by atoms with van der Waals surface area (Å²) in [6.45, 7) is 1.17. The standard InChI is InChI=1S/C17H13NO2/c1-2-13-4-3-5-16(9-13)18-10-15-8-14(11-19)6-7-17(15)20-12-18/h1,3-9,11H,10,12H2. The summed E-state index contributed by atoms with van der Waals surface area (Å²) in [4.78, 5) is 12.9. The third-order valence-electron chi connectivity index (χ3n) is 3.34. The molecule has 0 radical (unpaired) electrons. The van der Waals surface area contributed by atoms with E-state index in [1.54, 1.807) is 6.07 Å². The molecule has 20 heavy (non-hydrogen) atoms. The minimum atomic E-state index is 0.474. The zero-order valence-corrected chi connectivity index (χ0v) is 10.9. The number of fused-ring (bicyclic) bond motifs is 1. The number of carbonyl (C=O) groups is 1. The van der Waals surface area contributed by atoms with E-state index in [0.717, 1.165) is 28.8 Å². The first-order valence-corrected chi connectivity index (χ1v) is 6.32. The van der Waals surface area contributed by atoms with Crippen molar-refractivity contribution in [3.05, 3.63) is 59.2 Å². The number of carbonyl (C=O) groups excluding carboxylic acids is 1. The molecule has 98 valence electrons. The number of hydrogen-bond donors (Lipinski definition) is 0. The Morgan fingerprint density at radius 1 is 1.25 bits per heavy atom. The molecule has 0 bridgehead atoms. The predicted molar refractivity (Wildman–Crippen MR) is 77.9 cm³/mol. The molecule has 0 aromatic heterocycles. The van der Waals surface area contributed by atoms with Crippen molar-refractivity contribution in [1.82, 2.24) is 0 Å². The minimum absolute atomic E-state index is 0.474. The first kappa shape index (κ1) is 12.3. The van der Waals surface area contributed by atoms with Crippen LogP contribution in [0.15, 0.2) is 42.5 Å². The van der Waals surface area contributed by atoms with Gasteiger partial charge in [-0.1, -0.05) is 12.0 Å². The highest BCUT2D eigenvalue weighted by molar-refractivity contribution is 5.75. The molecule has 0 aliphatic carbocycles. The van der Waals surface area contributed by atoms with Gasteiger partial charge in [0.05, 0.1) is 0 Å². The van der Waals surface area contributed by atoms with E-state index in [-0.39, 0.29) is 0 Å². The van der Waals surface area contributed by atoms with Crippen LogP contribution in [0, 0.1) is 12.3 Å². The molecule has 0 N–H and O–H groups in total. The van der Waals surface area contributed by atoms with Crippen molar-refractivity contribution in [2.45, 2.75) is 6.54 Å². The van der Waals surface area contributed by atoms with Gasteiger partial charge in [-0.15, -0.1) is 6.42 Å². The molecule has 2 aromatic rings. The average Bonchev–Trinajstić information content (AvgIpc) is 2.53. The molecular formula is C17H13NO2. The molecule has 0 fully saturated rings. The Morgan fingerprint density at radius 2 is 2.15 bits per heavy atom. The van der Waals surface area contributed by atoms with E-state index in [4.69, 9.17) is 11.2 Å². The highest BCUT2D eigenvalue weighted by Crippen LogP contribution is 2.29. The zero-order chi connectivity index (χ0) is 13.9. The first-order chi connectivity index (χ1) is 9.80. The largest absolute Gasteiger partial charge is 0.473 e. The van der Waals surface area contributed by atoms with E-state index in [1.165, 1.54) is 0 Å². The number of benzene rings is 2. The molecule has 0 spiro atoms. The Balaban J connectivity index is 1.91. The van der Waals surface area contributed by atoms with Crippen LogP contribution < -0.4 is 9.64 Å². The normalized spacial score (nSPS) is 13.1. The van der Waals surface area contributed by atoms with Crippen LogP contribution in [0.25, 0.3) is 0 Å².